The zero-order valence-electron chi connectivity index (χ0n) is 15.9. The van der Waals surface area contributed by atoms with E-state index in [-0.39, 0.29) is 11.7 Å². The van der Waals surface area contributed by atoms with Gasteiger partial charge in [0.1, 0.15) is 0 Å². The van der Waals surface area contributed by atoms with E-state index in [0.29, 0.717) is 6.54 Å². The molecule has 0 aliphatic heterocycles. The Morgan fingerprint density at radius 2 is 1.93 bits per heavy atom. The summed E-state index contributed by atoms with van der Waals surface area (Å²) in [7, 11) is 0. The molecule has 0 saturated carbocycles. The second-order valence-electron chi connectivity index (χ2n) is 6.56. The van der Waals surface area contributed by atoms with Gasteiger partial charge in [-0.15, -0.1) is 21.5 Å². The highest BCUT2D eigenvalue weighted by Crippen LogP contribution is 2.28. The van der Waals surface area contributed by atoms with Crippen LogP contribution in [0.2, 0.25) is 0 Å². The van der Waals surface area contributed by atoms with Crippen molar-refractivity contribution in [1.29, 1.82) is 0 Å². The summed E-state index contributed by atoms with van der Waals surface area (Å²) in [5, 5.41) is 14.5. The molecule has 0 aliphatic rings. The van der Waals surface area contributed by atoms with Crippen LogP contribution in [0.4, 0.5) is 5.69 Å². The van der Waals surface area contributed by atoms with Crippen LogP contribution in [0.25, 0.3) is 10.7 Å². The Morgan fingerprint density at radius 3 is 2.69 bits per heavy atom. The van der Waals surface area contributed by atoms with Gasteiger partial charge in [-0.25, -0.2) is 0 Å². The summed E-state index contributed by atoms with van der Waals surface area (Å²) in [5.74, 6) is 1.03. The van der Waals surface area contributed by atoms with Crippen molar-refractivity contribution >= 4 is 34.7 Å². The van der Waals surface area contributed by atoms with Gasteiger partial charge in [-0.05, 0) is 41.6 Å². The van der Waals surface area contributed by atoms with Crippen molar-refractivity contribution in [2.75, 3.05) is 11.1 Å². The molecule has 0 fully saturated rings. The minimum Gasteiger partial charge on any atom is -0.325 e. The maximum atomic E-state index is 12.4. The largest absolute Gasteiger partial charge is 0.325 e. The quantitative estimate of drug-likeness (QED) is 0.423. The SMILES string of the molecule is Cc1cccc(NC(=O)CSc2nnc(-c3cccs3)n2Cc2ccccc2)c1. The van der Waals surface area contributed by atoms with Gasteiger partial charge in [0.05, 0.1) is 17.2 Å². The molecule has 4 rings (SSSR count). The summed E-state index contributed by atoms with van der Waals surface area (Å²) in [6, 6.07) is 22.0. The third kappa shape index (κ3) is 4.93. The second-order valence-corrected chi connectivity index (χ2v) is 8.45. The number of aromatic nitrogens is 3. The van der Waals surface area contributed by atoms with Gasteiger partial charge >= 0.3 is 0 Å². The molecule has 0 radical (unpaired) electrons. The van der Waals surface area contributed by atoms with E-state index in [4.69, 9.17) is 0 Å². The minimum absolute atomic E-state index is 0.0625. The van der Waals surface area contributed by atoms with Crippen molar-refractivity contribution in [3.8, 4) is 10.7 Å². The number of nitrogens with zero attached hydrogens (tertiary/aromatic N) is 3. The lowest BCUT2D eigenvalue weighted by molar-refractivity contribution is -0.113. The highest BCUT2D eigenvalue weighted by molar-refractivity contribution is 7.99. The molecule has 5 nitrogen and oxygen atoms in total. The molecule has 29 heavy (non-hydrogen) atoms. The smallest absolute Gasteiger partial charge is 0.234 e. The number of amides is 1. The number of carbonyl (C=O) groups is 1. The number of anilines is 1. The predicted octanol–water partition coefficient (Wildman–Crippen LogP) is 5.09. The number of hydrogen-bond donors (Lipinski definition) is 1. The van der Waals surface area contributed by atoms with Crippen LogP contribution < -0.4 is 5.32 Å². The van der Waals surface area contributed by atoms with Crippen LogP contribution >= 0.6 is 23.1 Å². The van der Waals surface area contributed by atoms with E-state index in [9.17, 15) is 4.79 Å². The van der Waals surface area contributed by atoms with E-state index >= 15 is 0 Å². The monoisotopic (exact) mass is 420 g/mol. The highest BCUT2D eigenvalue weighted by Gasteiger charge is 2.17. The topological polar surface area (TPSA) is 59.8 Å². The number of benzene rings is 2. The van der Waals surface area contributed by atoms with E-state index in [2.05, 4.69) is 32.2 Å². The predicted molar refractivity (Wildman–Crippen MR) is 119 cm³/mol. The first kappa shape index (κ1) is 19.4. The third-order valence-electron chi connectivity index (χ3n) is 4.28. The lowest BCUT2D eigenvalue weighted by Gasteiger charge is -2.10. The van der Waals surface area contributed by atoms with Gasteiger partial charge in [0.15, 0.2) is 11.0 Å². The Labute approximate surface area is 177 Å². The summed E-state index contributed by atoms with van der Waals surface area (Å²) < 4.78 is 2.08. The lowest BCUT2D eigenvalue weighted by atomic mass is 10.2. The van der Waals surface area contributed by atoms with E-state index in [1.807, 2.05) is 66.9 Å². The van der Waals surface area contributed by atoms with Gasteiger partial charge in [-0.2, -0.15) is 0 Å². The number of thiophene rings is 1. The summed E-state index contributed by atoms with van der Waals surface area (Å²) in [6.45, 7) is 2.66. The fourth-order valence-electron chi connectivity index (χ4n) is 2.94. The van der Waals surface area contributed by atoms with Crippen molar-refractivity contribution < 1.29 is 4.79 Å². The molecule has 0 unspecified atom stereocenters. The maximum Gasteiger partial charge on any atom is 0.234 e. The Kier molecular flexibility index (Phi) is 6.07. The zero-order chi connectivity index (χ0) is 20.1. The van der Waals surface area contributed by atoms with E-state index < -0.39 is 0 Å². The Morgan fingerprint density at radius 1 is 1.07 bits per heavy atom. The lowest BCUT2D eigenvalue weighted by Crippen LogP contribution is -2.15. The van der Waals surface area contributed by atoms with Gasteiger partial charge in [-0.3, -0.25) is 9.36 Å². The highest BCUT2D eigenvalue weighted by atomic mass is 32.2. The van der Waals surface area contributed by atoms with Crippen molar-refractivity contribution in [3.63, 3.8) is 0 Å². The van der Waals surface area contributed by atoms with Crippen molar-refractivity contribution in [3.05, 3.63) is 83.2 Å². The molecule has 2 aromatic carbocycles. The second kappa shape index (κ2) is 9.07. The van der Waals surface area contributed by atoms with E-state index in [1.165, 1.54) is 11.8 Å². The molecule has 0 spiro atoms. The molecule has 2 aromatic heterocycles. The van der Waals surface area contributed by atoms with Crippen LogP contribution in [0, 0.1) is 6.92 Å². The average molecular weight is 421 g/mol. The maximum absolute atomic E-state index is 12.4. The van der Waals surface area contributed by atoms with Crippen LogP contribution in [0.5, 0.6) is 0 Å². The Hall–Kier alpha value is -2.90. The van der Waals surface area contributed by atoms with E-state index in [0.717, 1.165) is 32.7 Å². The van der Waals surface area contributed by atoms with Crippen LogP contribution in [0.15, 0.2) is 77.3 Å². The fraction of sp³-hybridized carbons (Fsp3) is 0.136. The molecule has 7 heteroatoms. The van der Waals surface area contributed by atoms with Gasteiger partial charge in [-0.1, -0.05) is 60.3 Å². The fourth-order valence-corrected chi connectivity index (χ4v) is 4.40. The van der Waals surface area contributed by atoms with Gasteiger partial charge in [0.25, 0.3) is 0 Å². The molecular formula is C22H20N4OS2. The zero-order valence-corrected chi connectivity index (χ0v) is 17.5. The van der Waals surface area contributed by atoms with Crippen LogP contribution in [-0.2, 0) is 11.3 Å². The molecule has 0 aliphatic carbocycles. The van der Waals surface area contributed by atoms with Crippen molar-refractivity contribution in [2.24, 2.45) is 0 Å². The average Bonchev–Trinajstić information content (AvgIpc) is 3.37. The Balaban J connectivity index is 1.51. The number of thioether (sulfide) groups is 1. The van der Waals surface area contributed by atoms with Gasteiger partial charge in [0, 0.05) is 5.69 Å². The summed E-state index contributed by atoms with van der Waals surface area (Å²) in [4.78, 5) is 13.5. The summed E-state index contributed by atoms with van der Waals surface area (Å²) in [5.41, 5.74) is 3.08. The molecule has 1 N–H and O–H groups in total. The number of nitrogens with one attached hydrogen (secondary N) is 1. The van der Waals surface area contributed by atoms with Crippen LogP contribution in [-0.4, -0.2) is 26.4 Å². The van der Waals surface area contributed by atoms with Gasteiger partial charge < -0.3 is 5.32 Å². The van der Waals surface area contributed by atoms with E-state index in [1.54, 1.807) is 11.3 Å². The van der Waals surface area contributed by atoms with Gasteiger partial charge in [0.2, 0.25) is 5.91 Å². The Bertz CT molecular complexity index is 1090. The number of hydrogen-bond acceptors (Lipinski definition) is 5. The standard InChI is InChI=1S/C22H20N4OS2/c1-16-7-5-10-18(13-16)23-20(27)15-29-22-25-24-21(19-11-6-12-28-19)26(22)14-17-8-3-2-4-9-17/h2-13H,14-15H2,1H3,(H,23,27). The molecule has 1 amide bonds. The third-order valence-corrected chi connectivity index (χ3v) is 6.11. The summed E-state index contributed by atoms with van der Waals surface area (Å²) in [6.07, 6.45) is 0. The molecule has 4 aromatic rings. The van der Waals surface area contributed by atoms with Crippen LogP contribution in [0.3, 0.4) is 0 Å². The first-order chi connectivity index (χ1) is 14.2. The number of carbonyl (C=O) groups excluding carboxylic acids is 1. The number of aryl methyl sites for hydroxylation is 1. The first-order valence-electron chi connectivity index (χ1n) is 9.19. The van der Waals surface area contributed by atoms with Crippen LogP contribution in [0.1, 0.15) is 11.1 Å². The number of rotatable bonds is 7. The van der Waals surface area contributed by atoms with Crippen molar-refractivity contribution in [1.82, 2.24) is 14.8 Å². The first-order valence-corrected chi connectivity index (χ1v) is 11.1. The molecular weight excluding hydrogens is 400 g/mol. The van der Waals surface area contributed by atoms with Crippen molar-refractivity contribution in [2.45, 2.75) is 18.6 Å². The molecule has 2 heterocycles. The normalized spacial score (nSPS) is 10.8. The molecule has 0 bridgehead atoms. The molecule has 146 valence electrons. The molecule has 0 atom stereocenters. The summed E-state index contributed by atoms with van der Waals surface area (Å²) >= 11 is 3.03. The minimum atomic E-state index is -0.0625. The molecule has 0 saturated heterocycles.